The van der Waals surface area contributed by atoms with E-state index in [1.165, 1.54) is 81.6 Å². The highest BCUT2D eigenvalue weighted by molar-refractivity contribution is 7.51. The van der Waals surface area contributed by atoms with E-state index in [1.807, 2.05) is 59.2 Å². The zero-order valence-electron chi connectivity index (χ0n) is 29.6. The largest absolute Gasteiger partial charge is 0.369 e. The Morgan fingerprint density at radius 3 is 2.10 bits per heavy atom. The number of nitrogen functional groups attached to an aromatic ring is 1. The highest BCUT2D eigenvalue weighted by Gasteiger charge is 2.35. The summed E-state index contributed by atoms with van der Waals surface area (Å²) in [6, 6.07) is 14.0. The van der Waals surface area contributed by atoms with E-state index in [-0.39, 0.29) is 24.7 Å². The summed E-state index contributed by atoms with van der Waals surface area (Å²) < 4.78 is 24.3. The normalized spacial score (nSPS) is 13.8. The Kier molecular flexibility index (Phi) is 15.9. The zero-order valence-corrected chi connectivity index (χ0v) is 30.5. The van der Waals surface area contributed by atoms with Crippen LogP contribution in [0.2, 0.25) is 0 Å². The molecule has 12 heteroatoms. The van der Waals surface area contributed by atoms with Gasteiger partial charge in [-0.05, 0) is 24.3 Å². The number of rotatable bonds is 24. The molecule has 0 saturated heterocycles. The minimum atomic E-state index is -4.30. The van der Waals surface area contributed by atoms with Gasteiger partial charge in [-0.3, -0.25) is 13.9 Å². The number of hydrogen-bond donors (Lipinski definition) is 3. The topological polar surface area (TPSA) is 143 Å². The van der Waals surface area contributed by atoms with Gasteiger partial charge in [-0.1, -0.05) is 134 Å². The van der Waals surface area contributed by atoms with Gasteiger partial charge in [0.15, 0.2) is 11.5 Å². The molecule has 0 radical (unpaired) electrons. The molecule has 49 heavy (non-hydrogen) atoms. The van der Waals surface area contributed by atoms with Crippen molar-refractivity contribution in [1.29, 1.82) is 0 Å². The molecule has 0 aliphatic carbocycles. The van der Waals surface area contributed by atoms with Crippen molar-refractivity contribution >= 4 is 41.5 Å². The van der Waals surface area contributed by atoms with Gasteiger partial charge >= 0.3 is 7.60 Å². The van der Waals surface area contributed by atoms with Gasteiger partial charge in [0.2, 0.25) is 5.95 Å². The molecule has 1 aliphatic rings. The lowest BCUT2D eigenvalue weighted by atomic mass is 10.0. The average Bonchev–Trinajstić information content (AvgIpc) is 3.44. The van der Waals surface area contributed by atoms with Crippen molar-refractivity contribution in [2.45, 2.75) is 116 Å². The predicted octanol–water partition coefficient (Wildman–Crippen LogP) is 8.45. The Bertz CT molecular complexity index is 1540. The Hall–Kier alpha value is -2.95. The fourth-order valence-corrected chi connectivity index (χ4v) is 7.01. The molecule has 3 aromatic rings. The van der Waals surface area contributed by atoms with E-state index in [0.29, 0.717) is 31.2 Å². The molecule has 0 bridgehead atoms. The van der Waals surface area contributed by atoms with Crippen LogP contribution in [-0.2, 0) is 14.0 Å². The summed E-state index contributed by atoms with van der Waals surface area (Å²) in [5.41, 5.74) is 7.42. The van der Waals surface area contributed by atoms with Crippen molar-refractivity contribution in [3.05, 3.63) is 52.8 Å². The number of fused-ring (bicyclic) bond motifs is 2. The first kappa shape index (κ1) is 38.8. The average molecular weight is 700 g/mol. The van der Waals surface area contributed by atoms with Crippen molar-refractivity contribution in [1.82, 2.24) is 9.55 Å². The van der Waals surface area contributed by atoms with Gasteiger partial charge in [0, 0.05) is 18.5 Å². The molecule has 11 nitrogen and oxygen atoms in total. The van der Waals surface area contributed by atoms with E-state index in [2.05, 4.69) is 6.92 Å². The van der Waals surface area contributed by atoms with Crippen molar-refractivity contribution in [2.75, 3.05) is 48.3 Å². The van der Waals surface area contributed by atoms with Gasteiger partial charge < -0.3 is 34.8 Å². The van der Waals surface area contributed by atoms with Crippen LogP contribution >= 0.6 is 7.60 Å². The number of benzene rings is 2. The van der Waals surface area contributed by atoms with Crippen LogP contribution in [0, 0.1) is 0 Å². The number of nitrogens with zero attached hydrogens (tertiary/aromatic N) is 4. The molecule has 0 saturated carbocycles. The van der Waals surface area contributed by atoms with Crippen LogP contribution < -0.4 is 21.1 Å². The van der Waals surface area contributed by atoms with Gasteiger partial charge in [-0.15, -0.1) is 0 Å². The van der Waals surface area contributed by atoms with Crippen LogP contribution in [0.4, 0.5) is 23.1 Å². The monoisotopic (exact) mass is 699 g/mol. The highest BCUT2D eigenvalue weighted by atomic mass is 31.2. The smallest absolute Gasteiger partial charge is 0.350 e. The van der Waals surface area contributed by atoms with E-state index in [9.17, 15) is 19.1 Å². The van der Waals surface area contributed by atoms with Crippen LogP contribution in [0.15, 0.2) is 47.3 Å². The summed E-state index contributed by atoms with van der Waals surface area (Å²) in [4.78, 5) is 41.2. The molecule has 4 rings (SSSR count). The van der Waals surface area contributed by atoms with E-state index in [4.69, 9.17) is 20.2 Å². The lowest BCUT2D eigenvalue weighted by Crippen LogP contribution is -2.33. The molecular weight excluding hydrogens is 641 g/mol. The fraction of sp³-hybridized carbons (Fsp3) is 0.622. The molecule has 2 heterocycles. The molecule has 1 aliphatic heterocycles. The summed E-state index contributed by atoms with van der Waals surface area (Å²) in [5, 5.41) is 2.02. The fourth-order valence-electron chi connectivity index (χ4n) is 6.64. The lowest BCUT2D eigenvalue weighted by Gasteiger charge is -2.24. The zero-order chi connectivity index (χ0) is 35.1. The second-order valence-electron chi connectivity index (χ2n) is 13.2. The highest BCUT2D eigenvalue weighted by Crippen LogP contribution is 2.41. The van der Waals surface area contributed by atoms with Crippen molar-refractivity contribution in [2.24, 2.45) is 0 Å². The van der Waals surface area contributed by atoms with Crippen LogP contribution in [-0.4, -0.2) is 52.1 Å². The quantitative estimate of drug-likeness (QED) is 0.0615. The maximum absolute atomic E-state index is 14.3. The minimum absolute atomic E-state index is 0.0402. The van der Waals surface area contributed by atoms with E-state index in [1.54, 1.807) is 0 Å². The van der Waals surface area contributed by atoms with Crippen molar-refractivity contribution < 1.29 is 23.8 Å². The molecule has 1 aromatic heterocycles. The lowest BCUT2D eigenvalue weighted by molar-refractivity contribution is -0.00329. The van der Waals surface area contributed by atoms with Gasteiger partial charge in [-0.2, -0.15) is 4.98 Å². The number of nitrogens with two attached hydrogens (primary N) is 1. The maximum atomic E-state index is 14.3. The Labute approximate surface area is 292 Å². The Morgan fingerprint density at radius 1 is 0.857 bits per heavy atom. The van der Waals surface area contributed by atoms with Crippen molar-refractivity contribution in [3.8, 4) is 0 Å². The van der Waals surface area contributed by atoms with Gasteiger partial charge in [-0.25, -0.2) is 0 Å². The summed E-state index contributed by atoms with van der Waals surface area (Å²) in [6.45, 7) is 5.37. The summed E-state index contributed by atoms with van der Waals surface area (Å²) in [5.74, 6) is 0.478. The number of hydrogen-bond acceptors (Lipinski definition) is 8. The second kappa shape index (κ2) is 20.0. The first-order valence-electron chi connectivity index (χ1n) is 18.4. The number of anilines is 4. The molecule has 0 spiro atoms. The second-order valence-corrected chi connectivity index (χ2v) is 14.8. The van der Waals surface area contributed by atoms with Crippen molar-refractivity contribution in [3.63, 3.8) is 0 Å². The predicted molar refractivity (Wildman–Crippen MR) is 200 cm³/mol. The van der Waals surface area contributed by atoms with E-state index >= 15 is 0 Å². The van der Waals surface area contributed by atoms with Gasteiger partial charge in [0.25, 0.3) is 5.56 Å². The van der Waals surface area contributed by atoms with Crippen LogP contribution in [0.25, 0.3) is 10.8 Å². The minimum Gasteiger partial charge on any atom is -0.369 e. The van der Waals surface area contributed by atoms with Crippen LogP contribution in [0.1, 0.15) is 116 Å². The molecule has 1 atom stereocenters. The molecule has 4 N–H and O–H groups in total. The number of unbranched alkanes of at least 4 members (excludes halogenated alkanes) is 13. The Balaban J connectivity index is 1.36. The molecule has 1 unspecified atom stereocenters. The van der Waals surface area contributed by atoms with Gasteiger partial charge in [0.05, 0.1) is 19.0 Å². The molecule has 0 fully saturated rings. The molecule has 2 aromatic carbocycles. The summed E-state index contributed by atoms with van der Waals surface area (Å²) in [7, 11) is -4.30. The molecular formula is C37H58N5O6P. The number of ether oxygens (including phenoxy) is 2. The van der Waals surface area contributed by atoms with Gasteiger partial charge in [0.1, 0.15) is 12.6 Å². The Morgan fingerprint density at radius 2 is 1.47 bits per heavy atom. The van der Waals surface area contributed by atoms with E-state index < -0.39 is 20.2 Å². The standard InChI is InChI=1S/C37H58N5O6P/c1-3-5-6-7-8-9-10-11-12-13-14-15-16-19-26-48-33(4-2)42-36(43)34-35(39-37(42)38)40(25-27-47-29-49(44,45)46)28-41(34)32-24-20-22-30-21-17-18-23-31(30)32/h17-18,20-24,33H,3-16,19,25-29H2,1-2H3,(H2,38,39)(H2,44,45,46). The first-order valence-corrected chi connectivity index (χ1v) is 20.2. The SMILES string of the molecule is CCCCCCCCCCCCCCCCOC(CC)n1c(N)nc2c(c1=O)N(c1cccc3ccccc13)CN2CCOCP(=O)(O)O. The number of aromatic nitrogens is 2. The molecule has 272 valence electrons. The van der Waals surface area contributed by atoms with Crippen LogP contribution in [0.5, 0.6) is 0 Å². The van der Waals surface area contributed by atoms with Crippen LogP contribution in [0.3, 0.4) is 0 Å². The molecule has 0 amide bonds. The first-order chi connectivity index (χ1) is 23.7. The third-order valence-corrected chi connectivity index (χ3v) is 9.77. The summed E-state index contributed by atoms with van der Waals surface area (Å²) in [6.07, 6.45) is 17.3. The van der Waals surface area contributed by atoms with E-state index in [0.717, 1.165) is 29.3 Å². The maximum Gasteiger partial charge on any atom is 0.350 e. The third-order valence-electron chi connectivity index (χ3n) is 9.25. The summed E-state index contributed by atoms with van der Waals surface area (Å²) >= 11 is 0. The third kappa shape index (κ3) is 11.5.